The molecule has 106 valence electrons. The van der Waals surface area contributed by atoms with Crippen molar-refractivity contribution in [3.8, 4) is 0 Å². The Morgan fingerprint density at radius 1 is 1.35 bits per heavy atom. The van der Waals surface area contributed by atoms with Crippen LogP contribution in [0.4, 0.5) is 0 Å². The Balaban J connectivity index is 2.59. The van der Waals surface area contributed by atoms with Crippen LogP contribution in [0.2, 0.25) is 0 Å². The van der Waals surface area contributed by atoms with Gasteiger partial charge in [-0.05, 0) is 24.3 Å². The molecule has 20 heavy (non-hydrogen) atoms. The summed E-state index contributed by atoms with van der Waals surface area (Å²) in [6, 6.07) is 8.48. The molecule has 5 nitrogen and oxygen atoms in total. The summed E-state index contributed by atoms with van der Waals surface area (Å²) < 4.78 is 26.7. The third kappa shape index (κ3) is 2.79. The molecule has 0 spiro atoms. The first-order valence-corrected chi connectivity index (χ1v) is 7.94. The highest BCUT2D eigenvalue weighted by Crippen LogP contribution is 2.24. The van der Waals surface area contributed by atoms with E-state index in [1.807, 2.05) is 0 Å². The minimum absolute atomic E-state index is 0.0326. The number of sulfonamides is 1. The van der Waals surface area contributed by atoms with E-state index in [1.165, 1.54) is 4.31 Å². The van der Waals surface area contributed by atoms with Crippen LogP contribution in [0.1, 0.15) is 6.92 Å². The second-order valence-electron chi connectivity index (χ2n) is 4.22. The first kappa shape index (κ1) is 14.8. The molecule has 0 saturated carbocycles. The lowest BCUT2D eigenvalue weighted by Gasteiger charge is -2.20. The molecular weight excluding hydrogens is 294 g/mol. The summed E-state index contributed by atoms with van der Waals surface area (Å²) in [7, 11) is -3.65. The van der Waals surface area contributed by atoms with Crippen LogP contribution in [0.25, 0.3) is 10.9 Å². The Hall–Kier alpha value is -1.57. The van der Waals surface area contributed by atoms with Gasteiger partial charge in [0.05, 0.1) is 21.9 Å². The Kier molecular flexibility index (Phi) is 4.32. The molecule has 0 aliphatic carbocycles. The minimum Gasteiger partial charge on any atom is -0.392 e. The van der Waals surface area contributed by atoms with Crippen LogP contribution in [0.3, 0.4) is 0 Å². The van der Waals surface area contributed by atoms with E-state index < -0.39 is 10.0 Å². The summed E-state index contributed by atoms with van der Waals surface area (Å²) >= 11 is 4.81. The highest BCUT2D eigenvalue weighted by atomic mass is 32.2. The molecule has 1 aromatic heterocycles. The van der Waals surface area contributed by atoms with Gasteiger partial charge in [0, 0.05) is 18.1 Å². The van der Waals surface area contributed by atoms with Gasteiger partial charge < -0.3 is 5.73 Å². The summed E-state index contributed by atoms with van der Waals surface area (Å²) in [6.45, 7) is 2.08. The van der Waals surface area contributed by atoms with Gasteiger partial charge in [-0.1, -0.05) is 25.2 Å². The maximum Gasteiger partial charge on any atom is 0.244 e. The van der Waals surface area contributed by atoms with Crippen LogP contribution in [-0.4, -0.2) is 35.8 Å². The molecular formula is C13H15N3O2S2. The SMILES string of the molecule is CCN(CC(N)=S)S(=O)(=O)c1cccc2ncccc12. The summed E-state index contributed by atoms with van der Waals surface area (Å²) in [4.78, 5) is 4.54. The van der Waals surface area contributed by atoms with E-state index >= 15 is 0 Å². The third-order valence-corrected chi connectivity index (χ3v) is 5.02. The molecule has 0 radical (unpaired) electrons. The summed E-state index contributed by atoms with van der Waals surface area (Å²) in [5, 5.41) is 0.594. The van der Waals surface area contributed by atoms with Crippen molar-refractivity contribution >= 4 is 38.1 Å². The smallest absolute Gasteiger partial charge is 0.244 e. The van der Waals surface area contributed by atoms with Crippen LogP contribution >= 0.6 is 12.2 Å². The zero-order valence-corrected chi connectivity index (χ0v) is 12.6. The fraction of sp³-hybridized carbons (Fsp3) is 0.231. The first-order valence-electron chi connectivity index (χ1n) is 6.09. The van der Waals surface area contributed by atoms with Gasteiger partial charge in [0.25, 0.3) is 0 Å². The molecule has 0 bridgehead atoms. The van der Waals surface area contributed by atoms with Crippen molar-refractivity contribution in [2.24, 2.45) is 5.73 Å². The predicted octanol–water partition coefficient (Wildman–Crippen LogP) is 1.53. The van der Waals surface area contributed by atoms with Crippen molar-refractivity contribution in [3.05, 3.63) is 36.5 Å². The van der Waals surface area contributed by atoms with Gasteiger partial charge in [-0.25, -0.2) is 8.42 Å². The number of thiocarbonyl (C=S) groups is 1. The van der Waals surface area contributed by atoms with Crippen LogP contribution in [0.15, 0.2) is 41.4 Å². The predicted molar refractivity (Wildman–Crippen MR) is 83.0 cm³/mol. The summed E-state index contributed by atoms with van der Waals surface area (Å²) in [5.74, 6) is 0. The van der Waals surface area contributed by atoms with E-state index in [2.05, 4.69) is 4.98 Å². The quantitative estimate of drug-likeness (QED) is 0.848. The zero-order valence-electron chi connectivity index (χ0n) is 11.0. The maximum absolute atomic E-state index is 12.7. The maximum atomic E-state index is 12.7. The van der Waals surface area contributed by atoms with Gasteiger partial charge in [0.15, 0.2) is 0 Å². The van der Waals surface area contributed by atoms with Crippen molar-refractivity contribution < 1.29 is 8.42 Å². The van der Waals surface area contributed by atoms with Crippen molar-refractivity contribution in [2.75, 3.05) is 13.1 Å². The topological polar surface area (TPSA) is 76.3 Å². The number of aromatic nitrogens is 1. The molecule has 2 aromatic rings. The van der Waals surface area contributed by atoms with Crippen LogP contribution in [0, 0.1) is 0 Å². The number of nitrogens with two attached hydrogens (primary N) is 1. The lowest BCUT2D eigenvalue weighted by molar-refractivity contribution is 0.468. The molecule has 2 rings (SSSR count). The van der Waals surface area contributed by atoms with E-state index in [4.69, 9.17) is 18.0 Å². The lowest BCUT2D eigenvalue weighted by Crippen LogP contribution is -2.37. The van der Waals surface area contributed by atoms with E-state index in [9.17, 15) is 8.42 Å². The number of fused-ring (bicyclic) bond motifs is 1. The second kappa shape index (κ2) is 5.82. The molecule has 1 aromatic carbocycles. The van der Waals surface area contributed by atoms with Crippen LogP contribution in [-0.2, 0) is 10.0 Å². The van der Waals surface area contributed by atoms with Gasteiger partial charge in [0.2, 0.25) is 10.0 Å². The number of pyridine rings is 1. The molecule has 0 saturated heterocycles. The zero-order chi connectivity index (χ0) is 14.8. The number of nitrogens with zero attached hydrogens (tertiary/aromatic N) is 2. The number of hydrogen-bond acceptors (Lipinski definition) is 4. The Morgan fingerprint density at radius 2 is 2.10 bits per heavy atom. The molecule has 7 heteroatoms. The van der Waals surface area contributed by atoms with Crippen LogP contribution < -0.4 is 5.73 Å². The van der Waals surface area contributed by atoms with E-state index in [0.717, 1.165) is 0 Å². The Morgan fingerprint density at radius 3 is 2.75 bits per heavy atom. The average molecular weight is 309 g/mol. The molecule has 0 fully saturated rings. The fourth-order valence-electron chi connectivity index (χ4n) is 1.98. The number of hydrogen-bond donors (Lipinski definition) is 1. The monoisotopic (exact) mass is 309 g/mol. The second-order valence-corrected chi connectivity index (χ2v) is 6.65. The van der Waals surface area contributed by atoms with Crippen molar-refractivity contribution in [2.45, 2.75) is 11.8 Å². The molecule has 0 aliphatic rings. The minimum atomic E-state index is -3.65. The standard InChI is InChI=1S/C13H15N3O2S2/c1-2-16(9-13(14)19)20(17,18)12-7-3-6-11-10(12)5-4-8-15-11/h3-8H,2,9H2,1H3,(H2,14,19). The van der Waals surface area contributed by atoms with Crippen molar-refractivity contribution in [1.29, 1.82) is 0 Å². The highest BCUT2D eigenvalue weighted by molar-refractivity contribution is 7.89. The van der Waals surface area contributed by atoms with E-state index in [0.29, 0.717) is 17.4 Å². The van der Waals surface area contributed by atoms with Gasteiger partial charge in [-0.3, -0.25) is 4.98 Å². The van der Waals surface area contributed by atoms with Gasteiger partial charge in [-0.15, -0.1) is 0 Å². The molecule has 2 N–H and O–H groups in total. The van der Waals surface area contributed by atoms with E-state index in [-0.39, 0.29) is 16.4 Å². The summed E-state index contributed by atoms with van der Waals surface area (Å²) in [5.41, 5.74) is 6.11. The lowest BCUT2D eigenvalue weighted by atomic mass is 10.2. The molecule has 0 unspecified atom stereocenters. The highest BCUT2D eigenvalue weighted by Gasteiger charge is 2.25. The van der Waals surface area contributed by atoms with Gasteiger partial charge in [-0.2, -0.15) is 4.31 Å². The normalized spacial score (nSPS) is 11.9. The molecule has 1 heterocycles. The molecule has 0 atom stereocenters. The van der Waals surface area contributed by atoms with Gasteiger partial charge in [0.1, 0.15) is 0 Å². The number of benzene rings is 1. The first-order chi connectivity index (χ1) is 9.46. The largest absolute Gasteiger partial charge is 0.392 e. The number of likely N-dealkylation sites (N-methyl/N-ethyl adjacent to an activating group) is 1. The molecule has 0 aliphatic heterocycles. The van der Waals surface area contributed by atoms with Crippen molar-refractivity contribution in [3.63, 3.8) is 0 Å². The Labute approximate surface area is 123 Å². The van der Waals surface area contributed by atoms with E-state index in [1.54, 1.807) is 43.5 Å². The molecule has 0 amide bonds. The average Bonchev–Trinajstić information content (AvgIpc) is 2.43. The third-order valence-electron chi connectivity index (χ3n) is 2.91. The fourth-order valence-corrected chi connectivity index (χ4v) is 3.85. The summed E-state index contributed by atoms with van der Waals surface area (Å²) in [6.07, 6.45) is 1.63. The van der Waals surface area contributed by atoms with Crippen molar-refractivity contribution in [1.82, 2.24) is 9.29 Å². The number of rotatable bonds is 5. The van der Waals surface area contributed by atoms with Gasteiger partial charge >= 0.3 is 0 Å². The Bertz CT molecular complexity index is 739. The van der Waals surface area contributed by atoms with Crippen LogP contribution in [0.5, 0.6) is 0 Å².